The standard InChI is InChI=1S/C12H15N/c1-10-5-4-6-12(9-10)11(2)7-8-13-3/h4-9,13H,2H2,1,3H3/b8-7-. The summed E-state index contributed by atoms with van der Waals surface area (Å²) in [6, 6.07) is 8.32. The minimum Gasteiger partial charge on any atom is -0.394 e. The molecule has 1 rings (SSSR count). The number of rotatable bonds is 3. The zero-order chi connectivity index (χ0) is 9.68. The van der Waals surface area contributed by atoms with Crippen molar-refractivity contribution in [1.29, 1.82) is 0 Å². The van der Waals surface area contributed by atoms with Gasteiger partial charge in [-0.1, -0.05) is 36.4 Å². The van der Waals surface area contributed by atoms with E-state index in [2.05, 4.69) is 37.0 Å². The molecule has 0 aliphatic carbocycles. The second kappa shape index (κ2) is 4.51. The number of hydrogen-bond donors (Lipinski definition) is 1. The molecule has 1 heteroatoms. The molecule has 0 saturated carbocycles. The van der Waals surface area contributed by atoms with E-state index in [1.807, 2.05) is 25.4 Å². The average Bonchev–Trinajstić information content (AvgIpc) is 2.14. The van der Waals surface area contributed by atoms with Crippen molar-refractivity contribution in [3.8, 4) is 0 Å². The van der Waals surface area contributed by atoms with Crippen LogP contribution in [0, 0.1) is 6.92 Å². The largest absolute Gasteiger partial charge is 0.394 e. The number of nitrogens with one attached hydrogen (secondary N) is 1. The Hall–Kier alpha value is -1.50. The highest BCUT2D eigenvalue weighted by Gasteiger charge is 1.93. The predicted octanol–water partition coefficient (Wildman–Crippen LogP) is 2.74. The predicted molar refractivity (Wildman–Crippen MR) is 58.4 cm³/mol. The van der Waals surface area contributed by atoms with Crippen molar-refractivity contribution in [1.82, 2.24) is 5.32 Å². The van der Waals surface area contributed by atoms with Gasteiger partial charge in [0, 0.05) is 7.05 Å². The van der Waals surface area contributed by atoms with Crippen LogP contribution in [0.2, 0.25) is 0 Å². The summed E-state index contributed by atoms with van der Waals surface area (Å²) >= 11 is 0. The lowest BCUT2D eigenvalue weighted by atomic mass is 10.1. The van der Waals surface area contributed by atoms with Gasteiger partial charge in [0.1, 0.15) is 0 Å². The maximum atomic E-state index is 3.98. The van der Waals surface area contributed by atoms with Crippen LogP contribution in [0.15, 0.2) is 43.1 Å². The Morgan fingerprint density at radius 2 is 2.23 bits per heavy atom. The highest BCUT2D eigenvalue weighted by atomic mass is 14.8. The normalized spacial score (nSPS) is 10.3. The number of benzene rings is 1. The smallest absolute Gasteiger partial charge is 0.00277 e. The molecule has 0 unspecified atom stereocenters. The molecule has 13 heavy (non-hydrogen) atoms. The minimum absolute atomic E-state index is 1.03. The Labute approximate surface area is 79.8 Å². The first-order valence-corrected chi connectivity index (χ1v) is 4.34. The van der Waals surface area contributed by atoms with Crippen LogP contribution < -0.4 is 5.32 Å². The monoisotopic (exact) mass is 173 g/mol. The molecule has 68 valence electrons. The van der Waals surface area contributed by atoms with Crippen molar-refractivity contribution in [2.45, 2.75) is 6.92 Å². The number of allylic oxidation sites excluding steroid dienone is 2. The van der Waals surface area contributed by atoms with Gasteiger partial charge >= 0.3 is 0 Å². The Balaban J connectivity index is 2.83. The molecular formula is C12H15N. The van der Waals surface area contributed by atoms with Crippen LogP contribution in [0.25, 0.3) is 5.57 Å². The van der Waals surface area contributed by atoms with Gasteiger partial charge in [-0.2, -0.15) is 0 Å². The summed E-state index contributed by atoms with van der Waals surface area (Å²) in [5.74, 6) is 0. The molecule has 1 N–H and O–H groups in total. The van der Waals surface area contributed by atoms with Crippen LogP contribution in [0.5, 0.6) is 0 Å². The molecule has 1 aromatic carbocycles. The summed E-state index contributed by atoms with van der Waals surface area (Å²) in [5.41, 5.74) is 3.46. The van der Waals surface area contributed by atoms with E-state index in [-0.39, 0.29) is 0 Å². The van der Waals surface area contributed by atoms with Crippen LogP contribution in [0.1, 0.15) is 11.1 Å². The number of hydrogen-bond acceptors (Lipinski definition) is 1. The van der Waals surface area contributed by atoms with Crippen LogP contribution in [0.4, 0.5) is 0 Å². The molecule has 0 atom stereocenters. The molecule has 0 amide bonds. The van der Waals surface area contributed by atoms with Gasteiger partial charge in [0.05, 0.1) is 0 Å². The molecule has 0 fully saturated rings. The van der Waals surface area contributed by atoms with Crippen LogP contribution in [-0.4, -0.2) is 7.05 Å². The Bertz CT molecular complexity index is 324. The summed E-state index contributed by atoms with van der Waals surface area (Å²) < 4.78 is 0. The van der Waals surface area contributed by atoms with E-state index < -0.39 is 0 Å². The first-order chi connectivity index (χ1) is 6.24. The zero-order valence-electron chi connectivity index (χ0n) is 8.17. The quantitative estimate of drug-likeness (QED) is 0.693. The second-order valence-electron chi connectivity index (χ2n) is 3.02. The van der Waals surface area contributed by atoms with E-state index in [1.54, 1.807) is 0 Å². The third-order valence-electron chi connectivity index (χ3n) is 1.84. The van der Waals surface area contributed by atoms with Crippen molar-refractivity contribution in [3.05, 3.63) is 54.2 Å². The summed E-state index contributed by atoms with van der Waals surface area (Å²) in [4.78, 5) is 0. The van der Waals surface area contributed by atoms with Crippen LogP contribution >= 0.6 is 0 Å². The highest BCUT2D eigenvalue weighted by Crippen LogP contribution is 2.14. The molecular weight excluding hydrogens is 158 g/mol. The highest BCUT2D eigenvalue weighted by molar-refractivity contribution is 5.72. The Morgan fingerprint density at radius 1 is 1.46 bits per heavy atom. The van der Waals surface area contributed by atoms with Crippen LogP contribution in [-0.2, 0) is 0 Å². The number of aryl methyl sites for hydroxylation is 1. The lowest BCUT2D eigenvalue weighted by molar-refractivity contribution is 1.10. The topological polar surface area (TPSA) is 12.0 Å². The molecule has 0 aliphatic heterocycles. The van der Waals surface area contributed by atoms with Gasteiger partial charge in [-0.25, -0.2) is 0 Å². The van der Waals surface area contributed by atoms with E-state index >= 15 is 0 Å². The van der Waals surface area contributed by atoms with Crippen molar-refractivity contribution in [2.75, 3.05) is 7.05 Å². The van der Waals surface area contributed by atoms with E-state index in [0.29, 0.717) is 0 Å². The summed E-state index contributed by atoms with van der Waals surface area (Å²) in [6.07, 6.45) is 3.85. The Morgan fingerprint density at radius 3 is 2.85 bits per heavy atom. The van der Waals surface area contributed by atoms with Crippen molar-refractivity contribution >= 4 is 5.57 Å². The van der Waals surface area contributed by atoms with Gasteiger partial charge in [-0.05, 0) is 30.3 Å². The molecule has 0 heterocycles. The maximum Gasteiger partial charge on any atom is 0.00277 e. The zero-order valence-corrected chi connectivity index (χ0v) is 8.17. The third kappa shape index (κ3) is 2.79. The average molecular weight is 173 g/mol. The van der Waals surface area contributed by atoms with E-state index in [0.717, 1.165) is 5.57 Å². The SMILES string of the molecule is C=C(/C=C\NC)c1cccc(C)c1. The molecule has 0 aliphatic rings. The first kappa shape index (κ1) is 9.59. The fraction of sp³-hybridized carbons (Fsp3) is 0.167. The Kier molecular flexibility index (Phi) is 3.32. The summed E-state index contributed by atoms with van der Waals surface area (Å²) in [6.45, 7) is 6.06. The summed E-state index contributed by atoms with van der Waals surface area (Å²) in [5, 5.41) is 2.94. The van der Waals surface area contributed by atoms with Gasteiger partial charge in [-0.3, -0.25) is 0 Å². The van der Waals surface area contributed by atoms with Crippen LogP contribution in [0.3, 0.4) is 0 Å². The second-order valence-corrected chi connectivity index (χ2v) is 3.02. The van der Waals surface area contributed by atoms with Gasteiger partial charge in [0.15, 0.2) is 0 Å². The molecule has 0 spiro atoms. The van der Waals surface area contributed by atoms with Crippen molar-refractivity contribution < 1.29 is 0 Å². The van der Waals surface area contributed by atoms with E-state index in [1.165, 1.54) is 11.1 Å². The lowest BCUT2D eigenvalue weighted by Crippen LogP contribution is -1.91. The fourth-order valence-electron chi connectivity index (χ4n) is 1.12. The minimum atomic E-state index is 1.03. The molecule has 0 saturated heterocycles. The van der Waals surface area contributed by atoms with E-state index in [4.69, 9.17) is 0 Å². The molecule has 0 radical (unpaired) electrons. The van der Waals surface area contributed by atoms with E-state index in [9.17, 15) is 0 Å². The first-order valence-electron chi connectivity index (χ1n) is 4.34. The lowest BCUT2D eigenvalue weighted by Gasteiger charge is -2.01. The van der Waals surface area contributed by atoms with Gasteiger partial charge < -0.3 is 5.32 Å². The maximum absolute atomic E-state index is 3.98. The van der Waals surface area contributed by atoms with Gasteiger partial charge in [-0.15, -0.1) is 0 Å². The molecule has 1 nitrogen and oxygen atoms in total. The van der Waals surface area contributed by atoms with Crippen molar-refractivity contribution in [3.63, 3.8) is 0 Å². The summed E-state index contributed by atoms with van der Waals surface area (Å²) in [7, 11) is 1.88. The third-order valence-corrected chi connectivity index (χ3v) is 1.84. The van der Waals surface area contributed by atoms with Gasteiger partial charge in [0.25, 0.3) is 0 Å². The van der Waals surface area contributed by atoms with Gasteiger partial charge in [0.2, 0.25) is 0 Å². The molecule has 1 aromatic rings. The van der Waals surface area contributed by atoms with Crippen molar-refractivity contribution in [2.24, 2.45) is 0 Å². The fourth-order valence-corrected chi connectivity index (χ4v) is 1.12. The molecule has 0 aromatic heterocycles. The molecule has 0 bridgehead atoms.